The zero-order valence-corrected chi connectivity index (χ0v) is 12.4. The van der Waals surface area contributed by atoms with Crippen molar-refractivity contribution in [2.45, 2.75) is 57.9 Å². The summed E-state index contributed by atoms with van der Waals surface area (Å²) in [5.41, 5.74) is 0. The minimum atomic E-state index is -0.343. The fraction of sp³-hybridized carbons (Fsp3) is 0.867. The molecule has 0 atom stereocenters. The fourth-order valence-corrected chi connectivity index (χ4v) is 3.19. The van der Waals surface area contributed by atoms with Crippen molar-refractivity contribution in [2.75, 3.05) is 19.7 Å². The number of nitrogens with one attached hydrogen (secondary N) is 1. The zero-order valence-electron chi connectivity index (χ0n) is 12.4. The third kappa shape index (κ3) is 4.12. The Morgan fingerprint density at radius 1 is 1.10 bits per heavy atom. The average molecular weight is 282 g/mol. The lowest BCUT2D eigenvalue weighted by atomic mass is 9.87. The van der Waals surface area contributed by atoms with Crippen LogP contribution in [0, 0.1) is 5.92 Å². The molecule has 0 aromatic rings. The lowest BCUT2D eigenvalue weighted by Crippen LogP contribution is -2.48. The first-order chi connectivity index (χ1) is 9.70. The van der Waals surface area contributed by atoms with Crippen LogP contribution in [-0.2, 0) is 9.53 Å². The van der Waals surface area contributed by atoms with Crippen molar-refractivity contribution in [3.63, 3.8) is 0 Å². The van der Waals surface area contributed by atoms with Crippen LogP contribution in [0.15, 0.2) is 0 Å². The summed E-state index contributed by atoms with van der Waals surface area (Å²) in [5, 5.41) is 2.86. The molecular weight excluding hydrogens is 256 g/mol. The number of rotatable bonds is 3. The van der Waals surface area contributed by atoms with E-state index in [1.54, 1.807) is 6.92 Å². The molecule has 2 amide bonds. The highest BCUT2D eigenvalue weighted by Crippen LogP contribution is 2.26. The first kappa shape index (κ1) is 15.1. The summed E-state index contributed by atoms with van der Waals surface area (Å²) in [7, 11) is 0. The Balaban J connectivity index is 1.73. The van der Waals surface area contributed by atoms with Crippen molar-refractivity contribution in [1.29, 1.82) is 0 Å². The van der Waals surface area contributed by atoms with Crippen molar-refractivity contribution in [3.8, 4) is 0 Å². The molecule has 0 spiro atoms. The number of likely N-dealkylation sites (tertiary alicyclic amines) is 1. The minimum Gasteiger partial charge on any atom is -0.450 e. The second-order valence-corrected chi connectivity index (χ2v) is 5.80. The van der Waals surface area contributed by atoms with E-state index in [2.05, 4.69) is 5.32 Å². The van der Waals surface area contributed by atoms with Crippen LogP contribution in [-0.4, -0.2) is 42.6 Å². The van der Waals surface area contributed by atoms with Crippen LogP contribution in [0.3, 0.4) is 0 Å². The maximum absolute atomic E-state index is 12.4. The van der Waals surface area contributed by atoms with Crippen molar-refractivity contribution >= 4 is 12.0 Å². The average Bonchev–Trinajstić information content (AvgIpc) is 2.48. The first-order valence-electron chi connectivity index (χ1n) is 7.92. The van der Waals surface area contributed by atoms with Gasteiger partial charge >= 0.3 is 6.09 Å². The van der Waals surface area contributed by atoms with Crippen molar-refractivity contribution in [1.82, 2.24) is 10.2 Å². The largest absolute Gasteiger partial charge is 0.450 e. The lowest BCUT2D eigenvalue weighted by molar-refractivity contribution is -0.137. The van der Waals surface area contributed by atoms with E-state index >= 15 is 0 Å². The van der Waals surface area contributed by atoms with Crippen molar-refractivity contribution in [3.05, 3.63) is 0 Å². The monoisotopic (exact) mass is 282 g/mol. The van der Waals surface area contributed by atoms with E-state index in [-0.39, 0.29) is 18.1 Å². The Hall–Kier alpha value is -1.26. The van der Waals surface area contributed by atoms with Crippen LogP contribution in [0.25, 0.3) is 0 Å². The van der Waals surface area contributed by atoms with E-state index < -0.39 is 0 Å². The van der Waals surface area contributed by atoms with Gasteiger partial charge in [0, 0.05) is 25.0 Å². The smallest absolute Gasteiger partial charge is 0.407 e. The van der Waals surface area contributed by atoms with Crippen molar-refractivity contribution < 1.29 is 14.3 Å². The van der Waals surface area contributed by atoms with E-state index in [1.165, 1.54) is 19.3 Å². The van der Waals surface area contributed by atoms with Crippen LogP contribution >= 0.6 is 0 Å². The standard InChI is InChI=1S/C15H26N2O3/c1-2-20-15(19)16-13-8-10-17(11-9-13)14(18)12-6-4-3-5-7-12/h12-13H,2-11H2,1H3,(H,16,19). The molecule has 114 valence electrons. The molecule has 1 saturated carbocycles. The second kappa shape index (κ2) is 7.50. The van der Waals surface area contributed by atoms with Gasteiger partial charge in [-0.05, 0) is 32.6 Å². The van der Waals surface area contributed by atoms with Gasteiger partial charge in [0.05, 0.1) is 6.61 Å². The van der Waals surface area contributed by atoms with E-state index in [1.807, 2.05) is 4.90 Å². The third-order valence-electron chi connectivity index (χ3n) is 4.36. The quantitative estimate of drug-likeness (QED) is 0.864. The molecule has 1 aliphatic heterocycles. The minimum absolute atomic E-state index is 0.143. The summed E-state index contributed by atoms with van der Waals surface area (Å²) < 4.78 is 4.88. The molecule has 2 fully saturated rings. The summed E-state index contributed by atoms with van der Waals surface area (Å²) >= 11 is 0. The fourth-order valence-electron chi connectivity index (χ4n) is 3.19. The third-order valence-corrected chi connectivity index (χ3v) is 4.36. The molecule has 1 aliphatic carbocycles. The topological polar surface area (TPSA) is 58.6 Å². The predicted molar refractivity (Wildman–Crippen MR) is 76.3 cm³/mol. The molecule has 0 bridgehead atoms. The number of alkyl carbamates (subject to hydrolysis) is 1. The summed E-state index contributed by atoms with van der Waals surface area (Å²) in [6.07, 6.45) is 7.09. The van der Waals surface area contributed by atoms with Crippen LogP contribution in [0.2, 0.25) is 0 Å². The molecule has 1 N–H and O–H groups in total. The molecule has 2 rings (SSSR count). The summed E-state index contributed by atoms with van der Waals surface area (Å²) in [5.74, 6) is 0.581. The number of amides is 2. The number of hydrogen-bond donors (Lipinski definition) is 1. The molecule has 0 aromatic carbocycles. The number of carbonyl (C=O) groups excluding carboxylic acids is 2. The maximum Gasteiger partial charge on any atom is 0.407 e. The number of nitrogens with zero attached hydrogens (tertiary/aromatic N) is 1. The SMILES string of the molecule is CCOC(=O)NC1CCN(C(=O)C2CCCCC2)CC1. The zero-order chi connectivity index (χ0) is 14.4. The number of carbonyl (C=O) groups is 2. The summed E-state index contributed by atoms with van der Waals surface area (Å²) in [6.45, 7) is 3.70. The van der Waals surface area contributed by atoms with Crippen molar-refractivity contribution in [2.24, 2.45) is 5.92 Å². The molecule has 1 saturated heterocycles. The van der Waals surface area contributed by atoms with Crippen LogP contribution in [0.1, 0.15) is 51.9 Å². The highest BCUT2D eigenvalue weighted by molar-refractivity contribution is 5.79. The molecule has 0 unspecified atom stereocenters. The van der Waals surface area contributed by atoms with E-state index in [0.717, 1.165) is 38.8 Å². The van der Waals surface area contributed by atoms with Gasteiger partial charge in [-0.1, -0.05) is 19.3 Å². The molecule has 5 nitrogen and oxygen atoms in total. The van der Waals surface area contributed by atoms with Gasteiger partial charge in [-0.25, -0.2) is 4.79 Å². The van der Waals surface area contributed by atoms with Gasteiger partial charge in [0.2, 0.25) is 5.91 Å². The Labute approximate surface area is 121 Å². The molecule has 2 aliphatic rings. The van der Waals surface area contributed by atoms with Gasteiger partial charge in [-0.3, -0.25) is 4.79 Å². The van der Waals surface area contributed by atoms with Gasteiger partial charge in [-0.15, -0.1) is 0 Å². The summed E-state index contributed by atoms with van der Waals surface area (Å²) in [4.78, 5) is 25.7. The number of hydrogen-bond acceptors (Lipinski definition) is 3. The first-order valence-corrected chi connectivity index (χ1v) is 7.92. The lowest BCUT2D eigenvalue weighted by Gasteiger charge is -2.35. The van der Waals surface area contributed by atoms with Gasteiger partial charge in [0.1, 0.15) is 0 Å². The highest BCUT2D eigenvalue weighted by atomic mass is 16.5. The summed E-state index contributed by atoms with van der Waals surface area (Å²) in [6, 6.07) is 0.143. The number of piperidine rings is 1. The predicted octanol–water partition coefficient (Wildman–Crippen LogP) is 2.30. The van der Waals surface area contributed by atoms with Gasteiger partial charge in [-0.2, -0.15) is 0 Å². The molecule has 20 heavy (non-hydrogen) atoms. The number of ether oxygens (including phenoxy) is 1. The van der Waals surface area contributed by atoms with Crippen LogP contribution < -0.4 is 5.32 Å². The van der Waals surface area contributed by atoms with Gasteiger partial charge in [0.25, 0.3) is 0 Å². The second-order valence-electron chi connectivity index (χ2n) is 5.80. The van der Waals surface area contributed by atoms with Crippen LogP contribution in [0.5, 0.6) is 0 Å². The van der Waals surface area contributed by atoms with Gasteiger partial charge in [0.15, 0.2) is 0 Å². The normalized spacial score (nSPS) is 21.6. The molecule has 0 radical (unpaired) electrons. The van der Waals surface area contributed by atoms with Gasteiger partial charge < -0.3 is 15.0 Å². The molecular formula is C15H26N2O3. The molecule has 5 heteroatoms. The Bertz CT molecular complexity index is 332. The van der Waals surface area contributed by atoms with E-state index in [4.69, 9.17) is 4.74 Å². The Morgan fingerprint density at radius 2 is 1.75 bits per heavy atom. The molecule has 0 aromatic heterocycles. The Morgan fingerprint density at radius 3 is 2.35 bits per heavy atom. The maximum atomic E-state index is 12.4. The Kier molecular flexibility index (Phi) is 5.68. The molecule has 1 heterocycles. The van der Waals surface area contributed by atoms with E-state index in [0.29, 0.717) is 12.5 Å². The van der Waals surface area contributed by atoms with E-state index in [9.17, 15) is 9.59 Å². The van der Waals surface area contributed by atoms with Crippen LogP contribution in [0.4, 0.5) is 4.79 Å². The highest BCUT2D eigenvalue weighted by Gasteiger charge is 2.29.